The fraction of sp³-hybridized carbons (Fsp3) is 0.516. The monoisotopic (exact) mass is 1310 g/mol. The Morgan fingerprint density at radius 1 is 0.451 bits per heavy atom. The van der Waals surface area contributed by atoms with E-state index in [0.29, 0.717) is 23.3 Å². The maximum Gasteiger partial charge on any atom is 0.305 e. The number of hydrogen-bond acceptors (Lipinski definition) is 17. The number of aromatic hydroxyl groups is 2. The van der Waals surface area contributed by atoms with Crippen LogP contribution in [-0.4, -0.2) is 171 Å². The highest BCUT2D eigenvalue weighted by atomic mass is 32.2. The number of amides is 11. The maximum absolute atomic E-state index is 14.6. The van der Waals surface area contributed by atoms with E-state index in [1.807, 2.05) is 6.26 Å². The smallest absolute Gasteiger partial charge is 0.305 e. The molecule has 3 rings (SSSR count). The van der Waals surface area contributed by atoms with E-state index < -0.39 is 156 Å². The van der Waals surface area contributed by atoms with Gasteiger partial charge in [-0.05, 0) is 108 Å². The molecule has 29 heteroatoms. The third-order valence-electron chi connectivity index (χ3n) is 14.6. The van der Waals surface area contributed by atoms with Gasteiger partial charge in [0.1, 0.15) is 65.9 Å². The van der Waals surface area contributed by atoms with E-state index in [2.05, 4.69) is 47.9 Å². The molecular weight excluding hydrogens is 1220 g/mol. The molecule has 0 radical (unpaired) electrons. The molecule has 91 heavy (non-hydrogen) atoms. The highest BCUT2D eigenvalue weighted by Crippen LogP contribution is 2.17. The molecule has 3 aromatic rings. The van der Waals surface area contributed by atoms with Crippen LogP contribution < -0.4 is 65.1 Å². The SMILES string of the molecule is CC[C@H](C)[C@H](NC(=O)[C@@H](N)Cc1ccccc1)C(=O)N[C@@H](CC(=O)O)C(=O)N[C@@H](CC(C)C)C(=O)N[C@@H](CC(N)=O)C(=O)N[C@@H](Cc1ccc(O)cc1)C(=O)N[C@@H](CCSC)C(=O)N[C@H](C(=O)N[C@@H](Cc1ccc(O)cc1)C(=O)N[C@@H](CCSC)C(N)=O)C(C)C. The number of rotatable bonds is 40. The summed E-state index contributed by atoms with van der Waals surface area (Å²) in [4.78, 5) is 164. The number of phenols is 2. The average Bonchev–Trinajstić information content (AvgIpc) is 1.12. The Morgan fingerprint density at radius 2 is 0.835 bits per heavy atom. The number of primary amides is 2. The van der Waals surface area contributed by atoms with Crippen LogP contribution in [0.3, 0.4) is 0 Å². The molecule has 11 amide bonds. The second-order valence-electron chi connectivity index (χ2n) is 22.9. The molecule has 0 saturated carbocycles. The third-order valence-corrected chi connectivity index (χ3v) is 15.9. The zero-order chi connectivity index (χ0) is 68.1. The molecule has 0 bridgehead atoms. The standard InChI is InChI=1S/C62H90N12O15S2/c1-9-35(6)52(74-54(81)41(63)28-36-13-11-10-12-14-36)62(89)72-48(32-50(78)79)60(87)68-44(27-33(2)3)56(83)70-47(31-49(64)77)59(86)69-45(29-37-15-19-39(75)20-16-37)58(85)67-43(24-26-91-8)55(82)73-51(34(4)5)61(88)71-46(30-38-17-21-40(76)22-18-38)57(84)66-42(53(65)80)23-25-90-7/h10-22,33-35,41-48,51-52,75-76H,9,23-32,63H2,1-8H3,(H2,64,77)(H2,65,80)(H,66,84)(H,67,85)(H,68,87)(H,69,86)(H,70,83)(H,71,88)(H,72,89)(H,73,82)(H,74,81)(H,78,79)/t35-,41-,42-,43-,44-,45-,46-,47-,48-,51-,52-/m0/s1. The molecule has 11 atom stereocenters. The minimum absolute atomic E-state index is 0.0271. The van der Waals surface area contributed by atoms with E-state index in [9.17, 15) is 72.9 Å². The van der Waals surface area contributed by atoms with Gasteiger partial charge in [0.15, 0.2) is 0 Å². The number of carboxylic acid groups (broad SMARTS) is 1. The maximum atomic E-state index is 14.6. The molecule has 0 fully saturated rings. The lowest BCUT2D eigenvalue weighted by atomic mass is 9.96. The Bertz CT molecular complexity index is 2940. The second kappa shape index (κ2) is 39.0. The highest BCUT2D eigenvalue weighted by molar-refractivity contribution is 7.98. The summed E-state index contributed by atoms with van der Waals surface area (Å²) in [6.45, 7) is 10.0. The first-order valence-electron chi connectivity index (χ1n) is 29.8. The lowest BCUT2D eigenvalue weighted by Crippen LogP contribution is -2.62. The number of nitrogens with one attached hydrogen (secondary N) is 9. The van der Waals surface area contributed by atoms with E-state index in [4.69, 9.17) is 17.2 Å². The van der Waals surface area contributed by atoms with Gasteiger partial charge in [-0.15, -0.1) is 0 Å². The number of carboxylic acids is 1. The van der Waals surface area contributed by atoms with Crippen LogP contribution in [0.15, 0.2) is 78.9 Å². The summed E-state index contributed by atoms with van der Waals surface area (Å²) in [5.41, 5.74) is 19.1. The Kier molecular flexibility index (Phi) is 32.9. The molecule has 500 valence electrons. The molecule has 0 aromatic heterocycles. The number of carbonyl (C=O) groups excluding carboxylic acids is 11. The van der Waals surface area contributed by atoms with Crippen molar-refractivity contribution in [1.82, 2.24) is 47.9 Å². The van der Waals surface area contributed by atoms with Crippen molar-refractivity contribution in [2.75, 3.05) is 24.0 Å². The van der Waals surface area contributed by atoms with Crippen LogP contribution >= 0.6 is 23.5 Å². The zero-order valence-electron chi connectivity index (χ0n) is 52.6. The Balaban J connectivity index is 1.94. The summed E-state index contributed by atoms with van der Waals surface area (Å²) in [6.07, 6.45) is 1.81. The third kappa shape index (κ3) is 27.3. The Labute approximate surface area is 538 Å². The first kappa shape index (κ1) is 76.8. The number of benzene rings is 3. The predicted octanol–water partition coefficient (Wildman–Crippen LogP) is -0.0940. The van der Waals surface area contributed by atoms with E-state index in [1.54, 1.807) is 78.1 Å². The van der Waals surface area contributed by atoms with Crippen LogP contribution in [0.25, 0.3) is 0 Å². The topological polar surface area (TPSA) is 452 Å². The van der Waals surface area contributed by atoms with Gasteiger partial charge in [-0.2, -0.15) is 23.5 Å². The first-order valence-corrected chi connectivity index (χ1v) is 32.6. The van der Waals surface area contributed by atoms with Crippen LogP contribution in [0.1, 0.15) is 96.8 Å². The number of hydrogen-bond donors (Lipinski definition) is 15. The minimum atomic E-state index is -1.84. The van der Waals surface area contributed by atoms with Crippen molar-refractivity contribution >= 4 is 94.5 Å². The summed E-state index contributed by atoms with van der Waals surface area (Å²) < 4.78 is 0. The Morgan fingerprint density at radius 3 is 1.30 bits per heavy atom. The quantitative estimate of drug-likeness (QED) is 0.0354. The van der Waals surface area contributed by atoms with Gasteiger partial charge in [0.25, 0.3) is 0 Å². The van der Waals surface area contributed by atoms with Crippen LogP contribution in [0.2, 0.25) is 0 Å². The van der Waals surface area contributed by atoms with Crippen LogP contribution in [0, 0.1) is 17.8 Å². The number of nitrogens with two attached hydrogens (primary N) is 3. The van der Waals surface area contributed by atoms with Gasteiger partial charge >= 0.3 is 5.97 Å². The van der Waals surface area contributed by atoms with E-state index in [-0.39, 0.29) is 61.7 Å². The first-order chi connectivity index (χ1) is 43.0. The second-order valence-corrected chi connectivity index (χ2v) is 24.9. The van der Waals surface area contributed by atoms with Crippen LogP contribution in [-0.2, 0) is 76.8 Å². The van der Waals surface area contributed by atoms with Gasteiger partial charge in [-0.25, -0.2) is 0 Å². The average molecular weight is 1310 g/mol. The zero-order valence-corrected chi connectivity index (χ0v) is 54.2. The highest BCUT2D eigenvalue weighted by Gasteiger charge is 2.38. The fourth-order valence-electron chi connectivity index (χ4n) is 9.27. The number of thioether (sulfide) groups is 2. The summed E-state index contributed by atoms with van der Waals surface area (Å²) >= 11 is 2.74. The lowest BCUT2D eigenvalue weighted by molar-refractivity contribution is -0.142. The van der Waals surface area contributed by atoms with Gasteiger partial charge in [0.2, 0.25) is 65.0 Å². The van der Waals surface area contributed by atoms with Crippen molar-refractivity contribution in [3.8, 4) is 11.5 Å². The van der Waals surface area contributed by atoms with Crippen molar-refractivity contribution in [1.29, 1.82) is 0 Å². The molecule has 27 nitrogen and oxygen atoms in total. The van der Waals surface area contributed by atoms with Crippen molar-refractivity contribution in [3.63, 3.8) is 0 Å². The van der Waals surface area contributed by atoms with Crippen molar-refractivity contribution in [2.45, 2.75) is 160 Å². The summed E-state index contributed by atoms with van der Waals surface area (Å²) in [6, 6.07) is 5.94. The van der Waals surface area contributed by atoms with E-state index in [0.717, 1.165) is 5.56 Å². The lowest BCUT2D eigenvalue weighted by Gasteiger charge is -2.29. The molecule has 0 aliphatic heterocycles. The van der Waals surface area contributed by atoms with Gasteiger partial charge in [0.05, 0.1) is 18.9 Å². The molecule has 3 aromatic carbocycles. The minimum Gasteiger partial charge on any atom is -0.508 e. The molecule has 0 heterocycles. The molecule has 18 N–H and O–H groups in total. The van der Waals surface area contributed by atoms with Gasteiger partial charge in [-0.3, -0.25) is 57.5 Å². The number of phenolic OH excluding ortho intramolecular Hbond substituents is 2. The summed E-state index contributed by atoms with van der Waals surface area (Å²) in [5, 5.41) is 53.0. The van der Waals surface area contributed by atoms with Crippen molar-refractivity contribution in [3.05, 3.63) is 95.6 Å². The van der Waals surface area contributed by atoms with Crippen LogP contribution in [0.5, 0.6) is 11.5 Å². The summed E-state index contributed by atoms with van der Waals surface area (Å²) in [7, 11) is 0. The van der Waals surface area contributed by atoms with Crippen molar-refractivity contribution < 1.29 is 72.9 Å². The number of aliphatic carboxylic acids is 1. The van der Waals surface area contributed by atoms with Crippen molar-refractivity contribution in [2.24, 2.45) is 35.0 Å². The predicted molar refractivity (Wildman–Crippen MR) is 344 cm³/mol. The Hall–Kier alpha value is -8.44. The van der Waals surface area contributed by atoms with E-state index in [1.165, 1.54) is 72.1 Å². The molecular formula is C62H90N12O15S2. The molecule has 0 saturated heterocycles. The molecule has 0 spiro atoms. The van der Waals surface area contributed by atoms with Crippen LogP contribution in [0.4, 0.5) is 0 Å². The number of carbonyl (C=O) groups is 12. The van der Waals surface area contributed by atoms with Gasteiger partial charge in [0, 0.05) is 12.8 Å². The largest absolute Gasteiger partial charge is 0.508 e. The molecule has 0 aliphatic carbocycles. The normalized spacial score (nSPS) is 14.8. The van der Waals surface area contributed by atoms with Gasteiger partial charge < -0.3 is 80.4 Å². The summed E-state index contributed by atoms with van der Waals surface area (Å²) in [5.74, 6) is -12.7. The fourth-order valence-corrected chi connectivity index (χ4v) is 10.2. The molecule has 0 aliphatic rings. The van der Waals surface area contributed by atoms with Gasteiger partial charge in [-0.1, -0.05) is 103 Å². The molecule has 0 unspecified atom stereocenters. The van der Waals surface area contributed by atoms with E-state index >= 15 is 0 Å².